The standard InChI is InChI=1S/C18H23N3O3.ClH/c1-12-8-9-19-10-15(12)20-18(24)14-4-2-13(3-5-14)11-21-16(22)6-7-17(21)23;/h2-5,12,15,19H,6-11H2,1H3,(H,20,24);1H. The number of nitrogens with one attached hydrogen (secondary N) is 2. The molecular weight excluding hydrogens is 342 g/mol. The third kappa shape index (κ3) is 4.58. The Morgan fingerprint density at radius 1 is 1.20 bits per heavy atom. The topological polar surface area (TPSA) is 78.5 Å². The first kappa shape index (κ1) is 19.4. The van der Waals surface area contributed by atoms with E-state index < -0.39 is 0 Å². The Hall–Kier alpha value is -1.92. The second kappa shape index (κ2) is 8.45. The summed E-state index contributed by atoms with van der Waals surface area (Å²) in [4.78, 5) is 36.9. The van der Waals surface area contributed by atoms with Crippen molar-refractivity contribution in [1.82, 2.24) is 15.5 Å². The van der Waals surface area contributed by atoms with Gasteiger partial charge >= 0.3 is 0 Å². The van der Waals surface area contributed by atoms with Gasteiger partial charge in [-0.05, 0) is 36.6 Å². The Morgan fingerprint density at radius 2 is 1.84 bits per heavy atom. The summed E-state index contributed by atoms with van der Waals surface area (Å²) in [5, 5.41) is 6.37. The Labute approximate surface area is 153 Å². The molecule has 3 rings (SSSR count). The molecule has 0 bridgehead atoms. The molecule has 2 saturated heterocycles. The maximum Gasteiger partial charge on any atom is 0.251 e. The molecule has 1 aromatic rings. The molecule has 1 aromatic carbocycles. The van der Waals surface area contributed by atoms with Crippen LogP contribution in [0.15, 0.2) is 24.3 Å². The fourth-order valence-corrected chi connectivity index (χ4v) is 3.18. The number of piperidine rings is 1. The van der Waals surface area contributed by atoms with E-state index in [1.165, 1.54) is 4.90 Å². The quantitative estimate of drug-likeness (QED) is 0.792. The van der Waals surface area contributed by atoms with Gasteiger partial charge in [-0.15, -0.1) is 12.4 Å². The first-order valence-corrected chi connectivity index (χ1v) is 8.48. The van der Waals surface area contributed by atoms with Crippen LogP contribution in [-0.4, -0.2) is 41.8 Å². The second-order valence-corrected chi connectivity index (χ2v) is 6.62. The molecule has 0 aliphatic carbocycles. The summed E-state index contributed by atoms with van der Waals surface area (Å²) in [6.45, 7) is 4.22. The van der Waals surface area contributed by atoms with Crippen molar-refractivity contribution in [2.45, 2.75) is 38.8 Å². The van der Waals surface area contributed by atoms with E-state index >= 15 is 0 Å². The molecule has 3 amide bonds. The molecular formula is C18H24ClN3O3. The molecule has 136 valence electrons. The van der Waals surface area contributed by atoms with Crippen molar-refractivity contribution < 1.29 is 14.4 Å². The number of hydrogen-bond acceptors (Lipinski definition) is 4. The number of carbonyl (C=O) groups excluding carboxylic acids is 3. The van der Waals surface area contributed by atoms with Gasteiger partial charge in [-0.1, -0.05) is 19.1 Å². The maximum absolute atomic E-state index is 12.4. The molecule has 6 nitrogen and oxygen atoms in total. The van der Waals surface area contributed by atoms with Crippen molar-refractivity contribution in [3.05, 3.63) is 35.4 Å². The van der Waals surface area contributed by atoms with Crippen LogP contribution in [0.1, 0.15) is 42.1 Å². The Bertz CT molecular complexity index is 631. The number of rotatable bonds is 4. The van der Waals surface area contributed by atoms with Gasteiger partial charge in [0.05, 0.1) is 6.54 Å². The van der Waals surface area contributed by atoms with Crippen molar-refractivity contribution in [2.75, 3.05) is 13.1 Å². The first-order valence-electron chi connectivity index (χ1n) is 8.48. The third-order valence-corrected chi connectivity index (χ3v) is 4.86. The van der Waals surface area contributed by atoms with Crippen molar-refractivity contribution in [2.24, 2.45) is 5.92 Å². The number of imide groups is 1. The molecule has 2 heterocycles. The van der Waals surface area contributed by atoms with Crippen LogP contribution in [-0.2, 0) is 16.1 Å². The number of halogens is 1. The lowest BCUT2D eigenvalue weighted by Crippen LogP contribution is -2.50. The van der Waals surface area contributed by atoms with E-state index in [0.717, 1.165) is 25.1 Å². The molecule has 0 saturated carbocycles. The van der Waals surface area contributed by atoms with E-state index in [-0.39, 0.29) is 42.7 Å². The van der Waals surface area contributed by atoms with Gasteiger partial charge in [-0.2, -0.15) is 0 Å². The summed E-state index contributed by atoms with van der Waals surface area (Å²) in [6, 6.07) is 7.24. The van der Waals surface area contributed by atoms with Crippen LogP contribution in [0.4, 0.5) is 0 Å². The molecule has 2 aliphatic rings. The van der Waals surface area contributed by atoms with Crippen LogP contribution >= 0.6 is 12.4 Å². The van der Waals surface area contributed by atoms with Crippen LogP contribution in [0.25, 0.3) is 0 Å². The Balaban J connectivity index is 0.00000225. The Morgan fingerprint density at radius 3 is 2.44 bits per heavy atom. The monoisotopic (exact) mass is 365 g/mol. The molecule has 0 aromatic heterocycles. The fraction of sp³-hybridized carbons (Fsp3) is 0.500. The van der Waals surface area contributed by atoms with E-state index in [4.69, 9.17) is 0 Å². The van der Waals surface area contributed by atoms with Crippen molar-refractivity contribution in [3.63, 3.8) is 0 Å². The van der Waals surface area contributed by atoms with E-state index in [9.17, 15) is 14.4 Å². The van der Waals surface area contributed by atoms with E-state index in [1.54, 1.807) is 24.3 Å². The summed E-state index contributed by atoms with van der Waals surface area (Å²) in [5.41, 5.74) is 1.44. The molecule has 2 fully saturated rings. The number of nitrogens with zero attached hydrogens (tertiary/aromatic N) is 1. The van der Waals surface area contributed by atoms with Gasteiger partial charge in [-0.25, -0.2) is 0 Å². The highest BCUT2D eigenvalue weighted by atomic mass is 35.5. The van der Waals surface area contributed by atoms with Crippen LogP contribution < -0.4 is 10.6 Å². The minimum Gasteiger partial charge on any atom is -0.348 e. The van der Waals surface area contributed by atoms with Gasteiger partial charge < -0.3 is 10.6 Å². The zero-order valence-corrected chi connectivity index (χ0v) is 15.1. The molecule has 0 spiro atoms. The summed E-state index contributed by atoms with van der Waals surface area (Å²) >= 11 is 0. The van der Waals surface area contributed by atoms with Gasteiger partial charge in [-0.3, -0.25) is 19.3 Å². The summed E-state index contributed by atoms with van der Waals surface area (Å²) in [7, 11) is 0. The predicted octanol–water partition coefficient (Wildman–Crippen LogP) is 1.49. The van der Waals surface area contributed by atoms with Crippen LogP contribution in [0.3, 0.4) is 0 Å². The van der Waals surface area contributed by atoms with Crippen LogP contribution in [0, 0.1) is 5.92 Å². The minimum atomic E-state index is -0.124. The van der Waals surface area contributed by atoms with Gasteiger partial charge in [0.1, 0.15) is 0 Å². The lowest BCUT2D eigenvalue weighted by atomic mass is 9.94. The molecule has 2 unspecified atom stereocenters. The highest BCUT2D eigenvalue weighted by molar-refractivity contribution is 6.01. The highest BCUT2D eigenvalue weighted by Crippen LogP contribution is 2.17. The van der Waals surface area contributed by atoms with Crippen LogP contribution in [0.2, 0.25) is 0 Å². The van der Waals surface area contributed by atoms with E-state index in [1.807, 2.05) is 0 Å². The van der Waals surface area contributed by atoms with Crippen LogP contribution in [0.5, 0.6) is 0 Å². The van der Waals surface area contributed by atoms with Crippen molar-refractivity contribution in [3.8, 4) is 0 Å². The fourth-order valence-electron chi connectivity index (χ4n) is 3.18. The molecule has 2 atom stereocenters. The molecule has 2 N–H and O–H groups in total. The average Bonchev–Trinajstić information content (AvgIpc) is 2.89. The lowest BCUT2D eigenvalue weighted by molar-refractivity contribution is -0.139. The maximum atomic E-state index is 12.4. The average molecular weight is 366 g/mol. The number of hydrogen-bond donors (Lipinski definition) is 2. The van der Waals surface area contributed by atoms with Crippen molar-refractivity contribution >= 4 is 30.1 Å². The zero-order valence-electron chi connectivity index (χ0n) is 14.3. The van der Waals surface area contributed by atoms with Gasteiger partial charge in [0.15, 0.2) is 0 Å². The van der Waals surface area contributed by atoms with Crippen molar-refractivity contribution in [1.29, 1.82) is 0 Å². The predicted molar refractivity (Wildman–Crippen MR) is 96.4 cm³/mol. The number of carbonyl (C=O) groups is 3. The third-order valence-electron chi connectivity index (χ3n) is 4.86. The molecule has 0 radical (unpaired) electrons. The second-order valence-electron chi connectivity index (χ2n) is 6.62. The van der Waals surface area contributed by atoms with E-state index in [2.05, 4.69) is 17.6 Å². The molecule has 25 heavy (non-hydrogen) atoms. The zero-order chi connectivity index (χ0) is 17.1. The van der Waals surface area contributed by atoms with Gasteiger partial charge in [0.25, 0.3) is 5.91 Å². The minimum absolute atomic E-state index is 0. The normalized spacial score (nSPS) is 23.3. The highest BCUT2D eigenvalue weighted by Gasteiger charge is 2.28. The summed E-state index contributed by atoms with van der Waals surface area (Å²) < 4.78 is 0. The number of benzene rings is 1. The lowest BCUT2D eigenvalue weighted by Gasteiger charge is -2.30. The molecule has 7 heteroatoms. The smallest absolute Gasteiger partial charge is 0.251 e. The number of likely N-dealkylation sites (tertiary alicyclic amines) is 1. The van der Waals surface area contributed by atoms with Gasteiger partial charge in [0.2, 0.25) is 11.8 Å². The SMILES string of the molecule is CC1CCNCC1NC(=O)c1ccc(CN2C(=O)CCC2=O)cc1.Cl. The first-order chi connectivity index (χ1) is 11.5. The molecule has 2 aliphatic heterocycles. The Kier molecular flexibility index (Phi) is 6.56. The van der Waals surface area contributed by atoms with E-state index in [0.29, 0.717) is 24.3 Å². The summed E-state index contributed by atoms with van der Waals surface area (Å²) in [6.07, 6.45) is 1.65. The number of amides is 3. The van der Waals surface area contributed by atoms with Gasteiger partial charge in [0, 0.05) is 31.0 Å². The largest absolute Gasteiger partial charge is 0.348 e. The summed E-state index contributed by atoms with van der Waals surface area (Å²) in [5.74, 6) is 0.123.